The Hall–Kier alpha value is -4.24. The van der Waals surface area contributed by atoms with Crippen LogP contribution in [-0.2, 0) is 10.0 Å². The van der Waals surface area contributed by atoms with E-state index in [1.165, 1.54) is 36.7 Å². The van der Waals surface area contributed by atoms with E-state index in [1.807, 2.05) is 0 Å². The van der Waals surface area contributed by atoms with Crippen molar-refractivity contribution in [2.75, 3.05) is 10.0 Å². The molecule has 0 aliphatic rings. The van der Waals surface area contributed by atoms with Gasteiger partial charge >= 0.3 is 5.63 Å². The van der Waals surface area contributed by atoms with Crippen LogP contribution in [0.25, 0.3) is 11.0 Å². The lowest BCUT2D eigenvalue weighted by atomic mass is 10.1. The van der Waals surface area contributed by atoms with E-state index in [4.69, 9.17) is 4.42 Å². The van der Waals surface area contributed by atoms with Crippen molar-refractivity contribution in [1.29, 1.82) is 0 Å². The summed E-state index contributed by atoms with van der Waals surface area (Å²) in [5.74, 6) is -0.301. The molecule has 0 unspecified atom stereocenters. The zero-order valence-corrected chi connectivity index (χ0v) is 17.4. The average Bonchev–Trinajstić information content (AvgIpc) is 2.79. The van der Waals surface area contributed by atoms with Crippen LogP contribution in [0.5, 0.6) is 0 Å². The normalized spacial score (nSPS) is 11.5. The molecule has 0 aliphatic heterocycles. The molecule has 0 aliphatic carbocycles. The van der Waals surface area contributed by atoms with Crippen molar-refractivity contribution < 1.29 is 17.6 Å². The van der Waals surface area contributed by atoms with Crippen molar-refractivity contribution in [3.05, 3.63) is 107 Å². The van der Waals surface area contributed by atoms with Gasteiger partial charge in [-0.2, -0.15) is 0 Å². The third-order valence-electron chi connectivity index (χ3n) is 4.46. The number of hydrogen-bond donors (Lipinski definition) is 2. The van der Waals surface area contributed by atoms with Crippen LogP contribution < -0.4 is 15.7 Å². The Balaban J connectivity index is 1.43. The number of aromatic nitrogens is 1. The van der Waals surface area contributed by atoms with Crippen molar-refractivity contribution in [2.45, 2.75) is 4.90 Å². The van der Waals surface area contributed by atoms with Gasteiger partial charge in [-0.1, -0.05) is 24.3 Å². The monoisotopic (exact) mass is 447 g/mol. The fraction of sp³-hybridized carbons (Fsp3) is 0. The number of nitrogens with one attached hydrogen (secondary N) is 2. The van der Waals surface area contributed by atoms with Crippen LogP contribution in [0.3, 0.4) is 0 Å². The first-order valence-electron chi connectivity index (χ1n) is 9.47. The van der Waals surface area contributed by atoms with Crippen LogP contribution >= 0.6 is 0 Å². The molecular weight excluding hydrogens is 430 g/mol. The van der Waals surface area contributed by atoms with E-state index in [0.29, 0.717) is 16.7 Å². The lowest BCUT2D eigenvalue weighted by Crippen LogP contribution is -2.13. The molecule has 160 valence electrons. The molecule has 0 saturated heterocycles. The van der Waals surface area contributed by atoms with E-state index < -0.39 is 21.4 Å². The zero-order chi connectivity index (χ0) is 22.6. The van der Waals surface area contributed by atoms with Gasteiger partial charge in [0.25, 0.3) is 10.0 Å². The molecule has 0 amide bonds. The molecule has 0 spiro atoms. The number of ketones is 1. The Bertz CT molecular complexity index is 1460. The second kappa shape index (κ2) is 8.86. The molecule has 0 radical (unpaired) electrons. The van der Waals surface area contributed by atoms with Crippen molar-refractivity contribution in [1.82, 2.24) is 4.98 Å². The number of rotatable bonds is 7. The number of fused-ring (bicyclic) bond motifs is 1. The largest absolute Gasteiger partial charge is 0.422 e. The van der Waals surface area contributed by atoms with Gasteiger partial charge in [0.15, 0.2) is 5.78 Å². The minimum atomic E-state index is -3.78. The number of anilines is 2. The van der Waals surface area contributed by atoms with E-state index >= 15 is 0 Å². The molecule has 9 heteroatoms. The summed E-state index contributed by atoms with van der Waals surface area (Å²) >= 11 is 0. The topological polar surface area (TPSA) is 118 Å². The smallest absolute Gasteiger partial charge is 0.347 e. The molecule has 0 fully saturated rings. The van der Waals surface area contributed by atoms with Gasteiger partial charge in [-0.25, -0.2) is 18.2 Å². The fourth-order valence-electron chi connectivity index (χ4n) is 2.89. The number of hydrogen-bond acceptors (Lipinski definition) is 7. The molecule has 2 N–H and O–H groups in total. The molecule has 4 aromatic rings. The summed E-state index contributed by atoms with van der Waals surface area (Å²) in [6.07, 6.45) is 4.06. The highest BCUT2D eigenvalue weighted by atomic mass is 32.2. The summed E-state index contributed by atoms with van der Waals surface area (Å²) < 4.78 is 32.4. The third kappa shape index (κ3) is 4.73. The van der Waals surface area contributed by atoms with Gasteiger partial charge in [0.2, 0.25) is 0 Å². The standard InChI is InChI=1S/C23H17N3O5S/c27-20(19-15-16-5-1-2-6-21(16)31-23(19)28)12-14-24-17-8-10-18(11-9-17)32(29,30)26-22-7-3-4-13-25-22/h1-15,24H,(H,25,26)/b14-12-. The highest BCUT2D eigenvalue weighted by molar-refractivity contribution is 7.92. The summed E-state index contributed by atoms with van der Waals surface area (Å²) in [4.78, 5) is 28.4. The maximum Gasteiger partial charge on any atom is 0.347 e. The first kappa shape index (κ1) is 21.0. The molecule has 2 heterocycles. The number of nitrogens with zero attached hydrogens (tertiary/aromatic N) is 1. The maximum atomic E-state index is 12.4. The Morgan fingerprint density at radius 2 is 1.72 bits per heavy atom. The maximum absolute atomic E-state index is 12.4. The molecule has 0 atom stereocenters. The number of benzene rings is 2. The Kier molecular flexibility index (Phi) is 5.82. The first-order chi connectivity index (χ1) is 15.4. The predicted octanol–water partition coefficient (Wildman–Crippen LogP) is 3.80. The van der Waals surface area contributed by atoms with Crippen LogP contribution in [0.1, 0.15) is 10.4 Å². The Morgan fingerprint density at radius 1 is 0.969 bits per heavy atom. The Morgan fingerprint density at radius 3 is 2.47 bits per heavy atom. The van der Waals surface area contributed by atoms with Crippen molar-refractivity contribution in [3.8, 4) is 0 Å². The summed E-state index contributed by atoms with van der Waals surface area (Å²) in [5.41, 5.74) is 0.164. The Labute approximate surface area is 183 Å². The van der Waals surface area contributed by atoms with E-state index in [9.17, 15) is 18.0 Å². The minimum Gasteiger partial charge on any atom is -0.422 e. The second-order valence-corrected chi connectivity index (χ2v) is 8.35. The van der Waals surface area contributed by atoms with Gasteiger partial charge in [-0.05, 0) is 48.5 Å². The van der Waals surface area contributed by atoms with Crippen LogP contribution in [0, 0.1) is 0 Å². The molecule has 2 aromatic heterocycles. The molecule has 0 bridgehead atoms. The van der Waals surface area contributed by atoms with Gasteiger partial charge in [0.1, 0.15) is 17.0 Å². The SMILES string of the molecule is O=C(/C=C\Nc1ccc(S(=O)(=O)Nc2ccccn2)cc1)c1cc2ccccc2oc1=O. The van der Waals surface area contributed by atoms with Crippen LogP contribution in [-0.4, -0.2) is 19.2 Å². The molecule has 4 rings (SSSR count). The number of allylic oxidation sites excluding steroid dienone is 1. The molecule has 8 nitrogen and oxygen atoms in total. The lowest BCUT2D eigenvalue weighted by molar-refractivity contribution is 0.104. The van der Waals surface area contributed by atoms with Gasteiger partial charge in [-0.3, -0.25) is 9.52 Å². The summed E-state index contributed by atoms with van der Waals surface area (Å²) in [7, 11) is -3.78. The number of carbonyl (C=O) groups is 1. The van der Waals surface area contributed by atoms with Gasteiger partial charge in [-0.15, -0.1) is 0 Å². The summed E-state index contributed by atoms with van der Waals surface area (Å²) in [6, 6.07) is 19.2. The zero-order valence-electron chi connectivity index (χ0n) is 16.6. The van der Waals surface area contributed by atoms with Gasteiger partial charge in [0.05, 0.1) is 4.90 Å². The van der Waals surface area contributed by atoms with Gasteiger partial charge in [0, 0.05) is 29.5 Å². The predicted molar refractivity (Wildman–Crippen MR) is 121 cm³/mol. The van der Waals surface area contributed by atoms with Gasteiger partial charge < -0.3 is 9.73 Å². The van der Waals surface area contributed by atoms with Crippen LogP contribution in [0.2, 0.25) is 0 Å². The summed E-state index contributed by atoms with van der Waals surface area (Å²) in [5, 5.41) is 3.51. The quantitative estimate of drug-likeness (QED) is 0.251. The van der Waals surface area contributed by atoms with Crippen LogP contribution in [0.4, 0.5) is 11.5 Å². The highest BCUT2D eigenvalue weighted by Crippen LogP contribution is 2.17. The second-order valence-electron chi connectivity index (χ2n) is 6.67. The first-order valence-corrected chi connectivity index (χ1v) is 10.9. The van der Waals surface area contributed by atoms with E-state index in [2.05, 4.69) is 15.0 Å². The number of pyridine rings is 1. The molecule has 32 heavy (non-hydrogen) atoms. The fourth-order valence-corrected chi connectivity index (χ4v) is 3.90. The highest BCUT2D eigenvalue weighted by Gasteiger charge is 2.14. The lowest BCUT2D eigenvalue weighted by Gasteiger charge is -2.08. The third-order valence-corrected chi connectivity index (χ3v) is 5.83. The number of carbonyl (C=O) groups excluding carboxylic acids is 1. The van der Waals surface area contributed by atoms with E-state index in [1.54, 1.807) is 54.6 Å². The number of para-hydroxylation sites is 1. The summed E-state index contributed by atoms with van der Waals surface area (Å²) in [6.45, 7) is 0. The minimum absolute atomic E-state index is 0.0579. The number of sulfonamides is 1. The van der Waals surface area contributed by atoms with E-state index in [-0.39, 0.29) is 16.3 Å². The average molecular weight is 447 g/mol. The van der Waals surface area contributed by atoms with Crippen molar-refractivity contribution in [2.24, 2.45) is 0 Å². The molecule has 0 saturated carbocycles. The molecule has 2 aromatic carbocycles. The molecular formula is C23H17N3O5S. The van der Waals surface area contributed by atoms with Crippen molar-refractivity contribution >= 4 is 38.3 Å². The van der Waals surface area contributed by atoms with Crippen LogP contribution in [0.15, 0.2) is 105 Å². The van der Waals surface area contributed by atoms with Crippen molar-refractivity contribution in [3.63, 3.8) is 0 Å². The van der Waals surface area contributed by atoms with E-state index in [0.717, 1.165) is 0 Å².